The van der Waals surface area contributed by atoms with E-state index >= 15 is 0 Å². The minimum absolute atomic E-state index is 0.133. The van der Waals surface area contributed by atoms with Crippen LogP contribution < -0.4 is 5.32 Å². The Bertz CT molecular complexity index is 228. The van der Waals surface area contributed by atoms with Crippen LogP contribution in [0.1, 0.15) is 44.9 Å². The predicted molar refractivity (Wildman–Crippen MR) is 58.7 cm³/mol. The van der Waals surface area contributed by atoms with Crippen molar-refractivity contribution in [2.45, 2.75) is 51.0 Å². The summed E-state index contributed by atoms with van der Waals surface area (Å²) < 4.78 is 0. The summed E-state index contributed by atoms with van der Waals surface area (Å²) in [4.78, 5) is 10.5. The average molecular weight is 211 g/mol. The lowest BCUT2D eigenvalue weighted by Crippen LogP contribution is -2.45. The molecule has 15 heavy (non-hydrogen) atoms. The van der Waals surface area contributed by atoms with Gasteiger partial charge in [-0.2, -0.15) is 0 Å². The second-order valence-electron chi connectivity index (χ2n) is 5.02. The van der Waals surface area contributed by atoms with E-state index in [0.29, 0.717) is 6.04 Å². The van der Waals surface area contributed by atoms with Crippen molar-refractivity contribution in [1.29, 1.82) is 0 Å². The van der Waals surface area contributed by atoms with Gasteiger partial charge < -0.3 is 10.4 Å². The zero-order chi connectivity index (χ0) is 10.7. The molecule has 0 aliphatic heterocycles. The number of hydrogen-bond acceptors (Lipinski definition) is 2. The Morgan fingerprint density at radius 2 is 1.87 bits per heavy atom. The monoisotopic (exact) mass is 211 g/mol. The van der Waals surface area contributed by atoms with Crippen LogP contribution in [0.5, 0.6) is 0 Å². The number of fused-ring (bicyclic) bond motifs is 1. The first-order chi connectivity index (χ1) is 7.27. The maximum Gasteiger partial charge on any atom is 0.317 e. The quantitative estimate of drug-likeness (QED) is 0.751. The molecule has 86 valence electrons. The summed E-state index contributed by atoms with van der Waals surface area (Å²) in [5, 5.41) is 11.9. The van der Waals surface area contributed by atoms with Gasteiger partial charge in [-0.15, -0.1) is 0 Å². The largest absolute Gasteiger partial charge is 0.480 e. The third-order valence-electron chi connectivity index (χ3n) is 4.09. The maximum absolute atomic E-state index is 10.5. The van der Waals surface area contributed by atoms with Crippen molar-refractivity contribution in [3.05, 3.63) is 0 Å². The highest BCUT2D eigenvalue weighted by molar-refractivity contribution is 5.69. The second-order valence-corrected chi connectivity index (χ2v) is 5.02. The van der Waals surface area contributed by atoms with Crippen molar-refractivity contribution in [1.82, 2.24) is 5.32 Å². The lowest BCUT2D eigenvalue weighted by atomic mass is 9.68. The number of hydrogen-bond donors (Lipinski definition) is 2. The third kappa shape index (κ3) is 2.71. The standard InChI is InChI=1S/C12H21NO2/c14-12(15)8-13-11-7-3-5-9-4-1-2-6-10(9)11/h9-11,13H,1-8H2,(H,14,15). The predicted octanol–water partition coefficient (Wildman–Crippen LogP) is 2.02. The molecule has 0 saturated heterocycles. The molecular formula is C12H21NO2. The first-order valence-electron chi connectivity index (χ1n) is 6.22. The number of carbonyl (C=O) groups is 1. The zero-order valence-corrected chi connectivity index (χ0v) is 9.24. The van der Waals surface area contributed by atoms with E-state index in [4.69, 9.17) is 5.11 Å². The smallest absolute Gasteiger partial charge is 0.317 e. The Morgan fingerprint density at radius 3 is 2.67 bits per heavy atom. The van der Waals surface area contributed by atoms with Gasteiger partial charge in [0.15, 0.2) is 0 Å². The fourth-order valence-electron chi connectivity index (χ4n) is 3.41. The first kappa shape index (κ1) is 10.9. The first-order valence-corrected chi connectivity index (χ1v) is 6.22. The van der Waals surface area contributed by atoms with Crippen LogP contribution in [0.4, 0.5) is 0 Å². The normalized spacial score (nSPS) is 35.9. The molecule has 0 heterocycles. The molecule has 2 rings (SSSR count). The van der Waals surface area contributed by atoms with Gasteiger partial charge in [-0.3, -0.25) is 4.79 Å². The number of aliphatic carboxylic acids is 1. The summed E-state index contributed by atoms with van der Waals surface area (Å²) in [6, 6.07) is 0.472. The molecule has 0 bridgehead atoms. The van der Waals surface area contributed by atoms with Crippen LogP contribution in [0, 0.1) is 11.8 Å². The second kappa shape index (κ2) is 4.97. The molecule has 3 nitrogen and oxygen atoms in total. The highest BCUT2D eigenvalue weighted by Gasteiger charge is 2.34. The van der Waals surface area contributed by atoms with Crippen LogP contribution in [0.15, 0.2) is 0 Å². The Kier molecular flexibility index (Phi) is 3.62. The lowest BCUT2D eigenvalue weighted by Gasteiger charge is -2.41. The minimum atomic E-state index is -0.729. The van der Waals surface area contributed by atoms with Crippen molar-refractivity contribution in [2.75, 3.05) is 6.54 Å². The molecule has 2 aliphatic carbocycles. The van der Waals surface area contributed by atoms with Crippen LogP contribution in [0.25, 0.3) is 0 Å². The van der Waals surface area contributed by atoms with Crippen molar-refractivity contribution >= 4 is 5.97 Å². The van der Waals surface area contributed by atoms with Crippen LogP contribution in [-0.2, 0) is 4.79 Å². The van der Waals surface area contributed by atoms with Gasteiger partial charge in [0.2, 0.25) is 0 Å². The molecule has 2 fully saturated rings. The SMILES string of the molecule is O=C(O)CNC1CCCC2CCCCC21. The Labute approximate surface area is 91.2 Å². The van der Waals surface area contributed by atoms with Crippen LogP contribution >= 0.6 is 0 Å². The summed E-state index contributed by atoms with van der Waals surface area (Å²) in [5.41, 5.74) is 0. The van der Waals surface area contributed by atoms with Crippen molar-refractivity contribution in [3.8, 4) is 0 Å². The molecule has 2 N–H and O–H groups in total. The van der Waals surface area contributed by atoms with E-state index in [9.17, 15) is 4.79 Å². The van der Waals surface area contributed by atoms with Gasteiger partial charge in [0.1, 0.15) is 0 Å². The van der Waals surface area contributed by atoms with Crippen molar-refractivity contribution < 1.29 is 9.90 Å². The maximum atomic E-state index is 10.5. The van der Waals surface area contributed by atoms with E-state index in [-0.39, 0.29) is 6.54 Å². The zero-order valence-electron chi connectivity index (χ0n) is 9.24. The minimum Gasteiger partial charge on any atom is -0.480 e. The number of rotatable bonds is 3. The summed E-state index contributed by atoms with van der Waals surface area (Å²) in [7, 11) is 0. The molecular weight excluding hydrogens is 190 g/mol. The van der Waals surface area contributed by atoms with E-state index in [1.165, 1.54) is 44.9 Å². The summed E-state index contributed by atoms with van der Waals surface area (Å²) >= 11 is 0. The van der Waals surface area contributed by atoms with Gasteiger partial charge in [-0.1, -0.05) is 32.1 Å². The van der Waals surface area contributed by atoms with Crippen LogP contribution in [0.2, 0.25) is 0 Å². The van der Waals surface area contributed by atoms with Crippen molar-refractivity contribution in [3.63, 3.8) is 0 Å². The number of carboxylic acids is 1. The molecule has 0 spiro atoms. The fraction of sp³-hybridized carbons (Fsp3) is 0.917. The molecule has 0 radical (unpaired) electrons. The van der Waals surface area contributed by atoms with E-state index < -0.39 is 5.97 Å². The van der Waals surface area contributed by atoms with E-state index in [1.54, 1.807) is 0 Å². The van der Waals surface area contributed by atoms with E-state index in [2.05, 4.69) is 5.32 Å². The molecule has 3 atom stereocenters. The molecule has 0 aromatic rings. The van der Waals surface area contributed by atoms with E-state index in [1.807, 2.05) is 0 Å². The van der Waals surface area contributed by atoms with Crippen LogP contribution in [-0.4, -0.2) is 23.7 Å². The number of nitrogens with one attached hydrogen (secondary N) is 1. The van der Waals surface area contributed by atoms with Gasteiger partial charge in [-0.25, -0.2) is 0 Å². The molecule has 2 aliphatic rings. The Morgan fingerprint density at radius 1 is 1.13 bits per heavy atom. The summed E-state index contributed by atoms with van der Waals surface area (Å²) in [6.07, 6.45) is 9.22. The molecule has 0 aromatic carbocycles. The van der Waals surface area contributed by atoms with Gasteiger partial charge in [-0.05, 0) is 24.7 Å². The highest BCUT2D eigenvalue weighted by atomic mass is 16.4. The van der Waals surface area contributed by atoms with E-state index in [0.717, 1.165) is 11.8 Å². The molecule has 3 unspecified atom stereocenters. The Balaban J connectivity index is 1.88. The molecule has 0 aromatic heterocycles. The summed E-state index contributed by atoms with van der Waals surface area (Å²) in [5.74, 6) is 0.901. The van der Waals surface area contributed by atoms with Gasteiger partial charge >= 0.3 is 5.97 Å². The van der Waals surface area contributed by atoms with Crippen molar-refractivity contribution in [2.24, 2.45) is 11.8 Å². The Hall–Kier alpha value is -0.570. The molecule has 2 saturated carbocycles. The summed E-state index contributed by atoms with van der Waals surface area (Å²) in [6.45, 7) is 0.133. The fourth-order valence-corrected chi connectivity index (χ4v) is 3.41. The third-order valence-corrected chi connectivity index (χ3v) is 4.09. The average Bonchev–Trinajstić information content (AvgIpc) is 2.26. The molecule has 0 amide bonds. The number of carboxylic acid groups (broad SMARTS) is 1. The lowest BCUT2D eigenvalue weighted by molar-refractivity contribution is -0.136. The van der Waals surface area contributed by atoms with Gasteiger partial charge in [0.05, 0.1) is 6.54 Å². The topological polar surface area (TPSA) is 49.3 Å². The highest BCUT2D eigenvalue weighted by Crippen LogP contribution is 2.40. The van der Waals surface area contributed by atoms with Crippen LogP contribution in [0.3, 0.4) is 0 Å². The molecule has 3 heteroatoms. The van der Waals surface area contributed by atoms with Gasteiger partial charge in [0.25, 0.3) is 0 Å². The van der Waals surface area contributed by atoms with Gasteiger partial charge in [0, 0.05) is 6.04 Å².